The van der Waals surface area contributed by atoms with Crippen molar-refractivity contribution in [1.82, 2.24) is 4.72 Å². The van der Waals surface area contributed by atoms with Crippen LogP contribution in [0.25, 0.3) is 0 Å². The van der Waals surface area contributed by atoms with Crippen LogP contribution in [0, 0.1) is 5.82 Å². The quantitative estimate of drug-likeness (QED) is 0.342. The molecule has 0 bridgehead atoms. The molecule has 2 atom stereocenters. The maximum atomic E-state index is 14.0. The Morgan fingerprint density at radius 2 is 1.18 bits per heavy atom. The van der Waals surface area contributed by atoms with Gasteiger partial charge in [-0.1, -0.05) is 89.5 Å². The Bertz CT molecular complexity index is 1030. The van der Waals surface area contributed by atoms with E-state index < -0.39 is 11.0 Å². The average molecular weight is 486 g/mol. The lowest BCUT2D eigenvalue weighted by Crippen LogP contribution is -2.27. The van der Waals surface area contributed by atoms with Crippen LogP contribution >= 0.6 is 11.6 Å². The van der Waals surface area contributed by atoms with E-state index in [0.29, 0.717) is 10.9 Å². The monoisotopic (exact) mass is 485 g/mol. The van der Waals surface area contributed by atoms with E-state index in [0.717, 1.165) is 27.1 Å². The molecule has 0 spiro atoms. The summed E-state index contributed by atoms with van der Waals surface area (Å²) < 4.78 is 30.9. The first-order valence-electron chi connectivity index (χ1n) is 11.4. The van der Waals surface area contributed by atoms with Crippen LogP contribution in [0.5, 0.6) is 0 Å². The molecule has 3 rings (SSSR count). The highest BCUT2D eigenvalue weighted by molar-refractivity contribution is 7.83. The minimum Gasteiger partial charge on any atom is -0.237 e. The van der Waals surface area contributed by atoms with Crippen molar-refractivity contribution in [3.8, 4) is 0 Å². The van der Waals surface area contributed by atoms with Gasteiger partial charge in [-0.2, -0.15) is 0 Å². The second-order valence-electron chi connectivity index (χ2n) is 9.42. The number of rotatable bonds is 8. The van der Waals surface area contributed by atoms with Gasteiger partial charge in [0.1, 0.15) is 16.8 Å². The van der Waals surface area contributed by atoms with E-state index in [4.69, 9.17) is 11.6 Å². The third-order valence-electron chi connectivity index (χ3n) is 5.90. The predicted octanol–water partition coefficient (Wildman–Crippen LogP) is 8.25. The van der Waals surface area contributed by atoms with Gasteiger partial charge in [0.15, 0.2) is 0 Å². The molecule has 33 heavy (non-hydrogen) atoms. The van der Waals surface area contributed by atoms with Gasteiger partial charge in [0.2, 0.25) is 0 Å². The molecule has 0 aliphatic rings. The molecule has 5 heteroatoms. The van der Waals surface area contributed by atoms with Gasteiger partial charge < -0.3 is 0 Å². The highest BCUT2D eigenvalue weighted by Crippen LogP contribution is 2.35. The Balaban J connectivity index is 2.11. The largest absolute Gasteiger partial charge is 0.237 e. The molecule has 3 aromatic rings. The molecule has 0 heterocycles. The van der Waals surface area contributed by atoms with Crippen LogP contribution in [0.2, 0.25) is 5.02 Å². The Hall–Kier alpha value is -2.01. The molecule has 0 radical (unpaired) electrons. The standard InChI is InChI=1S/C28H33ClFNOS/c1-17(2)22-15-25(18(3)4)28(26(16-22)19(5)6)33(32)31-27(20-7-11-23(29)12-8-20)21-9-13-24(30)14-10-21/h7-19,27,31H,1-6H3/t27-,33?/m0/s1. The number of halogens is 2. The van der Waals surface area contributed by atoms with E-state index in [9.17, 15) is 8.60 Å². The summed E-state index contributed by atoms with van der Waals surface area (Å²) in [7, 11) is -1.49. The van der Waals surface area contributed by atoms with Crippen molar-refractivity contribution in [2.45, 2.75) is 70.2 Å². The van der Waals surface area contributed by atoms with Crippen molar-refractivity contribution >= 4 is 22.6 Å². The van der Waals surface area contributed by atoms with E-state index in [1.54, 1.807) is 12.1 Å². The maximum Gasteiger partial charge on any atom is 0.126 e. The van der Waals surface area contributed by atoms with Crippen molar-refractivity contribution < 1.29 is 8.60 Å². The number of benzene rings is 3. The van der Waals surface area contributed by atoms with Crippen LogP contribution in [0.1, 0.15) is 93.2 Å². The number of hydrogen-bond donors (Lipinski definition) is 1. The Morgan fingerprint density at radius 3 is 1.61 bits per heavy atom. The maximum absolute atomic E-state index is 14.0. The minimum atomic E-state index is -1.49. The summed E-state index contributed by atoms with van der Waals surface area (Å²) in [5.74, 6) is 0.531. The van der Waals surface area contributed by atoms with E-state index in [2.05, 4.69) is 58.4 Å². The summed E-state index contributed by atoms with van der Waals surface area (Å²) in [6.07, 6.45) is 0. The first-order valence-corrected chi connectivity index (χ1v) is 13.0. The number of hydrogen-bond acceptors (Lipinski definition) is 1. The van der Waals surface area contributed by atoms with Crippen LogP contribution in [0.4, 0.5) is 4.39 Å². The Kier molecular flexibility index (Phi) is 8.49. The van der Waals surface area contributed by atoms with Gasteiger partial charge in [0.25, 0.3) is 0 Å². The molecule has 3 aromatic carbocycles. The van der Waals surface area contributed by atoms with Gasteiger partial charge in [0, 0.05) is 5.02 Å². The average Bonchev–Trinajstić information content (AvgIpc) is 2.77. The molecule has 2 nitrogen and oxygen atoms in total. The van der Waals surface area contributed by atoms with Gasteiger partial charge >= 0.3 is 0 Å². The third-order valence-corrected chi connectivity index (χ3v) is 7.44. The fourth-order valence-electron chi connectivity index (χ4n) is 3.91. The van der Waals surface area contributed by atoms with Crippen LogP contribution in [0.3, 0.4) is 0 Å². The first-order chi connectivity index (χ1) is 15.6. The van der Waals surface area contributed by atoms with Gasteiger partial charge in [0.05, 0.1) is 10.9 Å². The van der Waals surface area contributed by atoms with Crippen LogP contribution in [0.15, 0.2) is 65.6 Å². The van der Waals surface area contributed by atoms with Crippen molar-refractivity contribution in [3.63, 3.8) is 0 Å². The molecule has 0 fully saturated rings. The summed E-state index contributed by atoms with van der Waals surface area (Å²) in [6, 6.07) is 17.8. The van der Waals surface area contributed by atoms with Gasteiger partial charge in [-0.3, -0.25) is 0 Å². The highest BCUT2D eigenvalue weighted by Gasteiger charge is 2.25. The molecule has 0 saturated carbocycles. The van der Waals surface area contributed by atoms with Crippen molar-refractivity contribution in [1.29, 1.82) is 0 Å². The molecular weight excluding hydrogens is 453 g/mol. The third kappa shape index (κ3) is 6.11. The molecular formula is C28H33ClFNOS. The molecule has 176 valence electrons. The van der Waals surface area contributed by atoms with Crippen LogP contribution in [-0.2, 0) is 11.0 Å². The summed E-state index contributed by atoms with van der Waals surface area (Å²) in [4.78, 5) is 0.852. The summed E-state index contributed by atoms with van der Waals surface area (Å²) in [6.45, 7) is 12.9. The second kappa shape index (κ2) is 10.9. The SMILES string of the molecule is CC(C)c1cc(C(C)C)c(S(=O)N[C@H](c2ccc(F)cc2)c2ccc(Cl)cc2)c(C(C)C)c1. The minimum absolute atomic E-state index is 0.224. The lowest BCUT2D eigenvalue weighted by Gasteiger charge is -2.25. The summed E-state index contributed by atoms with van der Waals surface area (Å²) in [5, 5.41) is 0.631. The molecule has 0 aliphatic heterocycles. The Labute approximate surface area is 205 Å². The van der Waals surface area contributed by atoms with E-state index >= 15 is 0 Å². The fourth-order valence-corrected chi connectivity index (χ4v) is 5.66. The molecule has 0 amide bonds. The van der Waals surface area contributed by atoms with Gasteiger partial charge in [-0.15, -0.1) is 0 Å². The van der Waals surface area contributed by atoms with Crippen LogP contribution in [-0.4, -0.2) is 4.21 Å². The molecule has 0 saturated heterocycles. The van der Waals surface area contributed by atoms with Crippen molar-refractivity contribution in [2.24, 2.45) is 0 Å². The molecule has 1 unspecified atom stereocenters. The lowest BCUT2D eigenvalue weighted by molar-refractivity contribution is 0.625. The first kappa shape index (κ1) is 25.6. The Morgan fingerprint density at radius 1 is 0.727 bits per heavy atom. The molecule has 0 aliphatic carbocycles. The summed E-state index contributed by atoms with van der Waals surface area (Å²) in [5.41, 5.74) is 5.21. The topological polar surface area (TPSA) is 29.1 Å². The predicted molar refractivity (Wildman–Crippen MR) is 138 cm³/mol. The zero-order valence-corrected chi connectivity index (χ0v) is 21.7. The lowest BCUT2D eigenvalue weighted by atomic mass is 9.89. The van der Waals surface area contributed by atoms with Crippen LogP contribution < -0.4 is 4.72 Å². The zero-order valence-electron chi connectivity index (χ0n) is 20.2. The summed E-state index contributed by atoms with van der Waals surface area (Å²) >= 11 is 6.11. The molecule has 1 N–H and O–H groups in total. The second-order valence-corrected chi connectivity index (χ2v) is 11.0. The van der Waals surface area contributed by atoms with Crippen molar-refractivity contribution in [3.05, 3.63) is 99.3 Å². The van der Waals surface area contributed by atoms with E-state index in [1.807, 2.05) is 24.3 Å². The van der Waals surface area contributed by atoms with E-state index in [1.165, 1.54) is 17.7 Å². The zero-order chi connectivity index (χ0) is 24.3. The normalized spacial score (nSPS) is 13.7. The van der Waals surface area contributed by atoms with E-state index in [-0.39, 0.29) is 23.7 Å². The van der Waals surface area contributed by atoms with Gasteiger partial charge in [-0.25, -0.2) is 13.3 Å². The smallest absolute Gasteiger partial charge is 0.126 e. The fraction of sp³-hybridized carbons (Fsp3) is 0.357. The highest BCUT2D eigenvalue weighted by atomic mass is 35.5. The molecule has 0 aromatic heterocycles. The van der Waals surface area contributed by atoms with Gasteiger partial charge in [-0.05, 0) is 69.8 Å². The number of nitrogens with one attached hydrogen (secondary N) is 1. The van der Waals surface area contributed by atoms with Crippen molar-refractivity contribution in [2.75, 3.05) is 0 Å².